The number of halogens is 2. The molecule has 1 atom stereocenters. The molecule has 0 heterocycles. The molecule has 0 amide bonds. The van der Waals surface area contributed by atoms with Gasteiger partial charge in [0.2, 0.25) is 0 Å². The normalized spacial score (nSPS) is 12.5. The number of aryl methyl sites for hydroxylation is 2. The van der Waals surface area contributed by atoms with Crippen LogP contribution >= 0.6 is 27.5 Å². The largest absolute Gasteiger partial charge is 0.320 e. The summed E-state index contributed by atoms with van der Waals surface area (Å²) in [6.07, 6.45) is 0. The Hall–Kier alpha value is -0.830. The van der Waals surface area contributed by atoms with Gasteiger partial charge in [-0.25, -0.2) is 0 Å². The standard InChI is InChI=1S/C15H15BrClN/c1-9-5-10(2)7-12(6-9)15(18)11-3-4-14(17)13(16)8-11/h3-8,15H,18H2,1-2H3. The van der Waals surface area contributed by atoms with Gasteiger partial charge >= 0.3 is 0 Å². The van der Waals surface area contributed by atoms with Crippen molar-refractivity contribution in [2.24, 2.45) is 5.73 Å². The Bertz CT molecular complexity index is 560. The van der Waals surface area contributed by atoms with Gasteiger partial charge in [0, 0.05) is 4.47 Å². The topological polar surface area (TPSA) is 26.0 Å². The maximum atomic E-state index is 6.31. The molecule has 2 aromatic rings. The summed E-state index contributed by atoms with van der Waals surface area (Å²) >= 11 is 9.42. The third-order valence-electron chi connectivity index (χ3n) is 2.91. The highest BCUT2D eigenvalue weighted by Gasteiger charge is 2.11. The lowest BCUT2D eigenvalue weighted by molar-refractivity contribution is 0.867. The van der Waals surface area contributed by atoms with Crippen molar-refractivity contribution in [1.82, 2.24) is 0 Å². The lowest BCUT2D eigenvalue weighted by atomic mass is 9.96. The van der Waals surface area contributed by atoms with Gasteiger partial charge in [-0.15, -0.1) is 0 Å². The highest BCUT2D eigenvalue weighted by atomic mass is 79.9. The minimum absolute atomic E-state index is 0.128. The predicted octanol–water partition coefficient (Wildman–Crippen LogP) is 4.77. The minimum Gasteiger partial charge on any atom is -0.320 e. The minimum atomic E-state index is -0.128. The third-order valence-corrected chi connectivity index (χ3v) is 4.12. The molecule has 0 saturated heterocycles. The quantitative estimate of drug-likeness (QED) is 0.846. The van der Waals surface area contributed by atoms with Gasteiger partial charge in [-0.05, 0) is 53.0 Å². The summed E-state index contributed by atoms with van der Waals surface area (Å²) in [6.45, 7) is 4.17. The second-order valence-corrected chi connectivity index (χ2v) is 5.83. The van der Waals surface area contributed by atoms with Crippen LogP contribution in [0.2, 0.25) is 5.02 Å². The number of hydrogen-bond acceptors (Lipinski definition) is 1. The van der Waals surface area contributed by atoms with Crippen molar-refractivity contribution < 1.29 is 0 Å². The smallest absolute Gasteiger partial charge is 0.0552 e. The van der Waals surface area contributed by atoms with Crippen LogP contribution in [0.3, 0.4) is 0 Å². The van der Waals surface area contributed by atoms with Gasteiger partial charge < -0.3 is 5.73 Å². The predicted molar refractivity (Wildman–Crippen MR) is 81.1 cm³/mol. The van der Waals surface area contributed by atoms with Crippen LogP contribution in [0.25, 0.3) is 0 Å². The third kappa shape index (κ3) is 2.94. The first-order valence-corrected chi connectivity index (χ1v) is 6.93. The molecular formula is C15H15BrClN. The van der Waals surface area contributed by atoms with Gasteiger partial charge in [0.1, 0.15) is 0 Å². The molecule has 2 N–H and O–H groups in total. The van der Waals surface area contributed by atoms with E-state index < -0.39 is 0 Å². The van der Waals surface area contributed by atoms with Gasteiger partial charge in [-0.3, -0.25) is 0 Å². The van der Waals surface area contributed by atoms with E-state index in [1.54, 1.807) is 0 Å². The zero-order chi connectivity index (χ0) is 13.3. The summed E-state index contributed by atoms with van der Waals surface area (Å²) in [5.41, 5.74) is 10.9. The lowest BCUT2D eigenvalue weighted by Gasteiger charge is -2.15. The fourth-order valence-corrected chi connectivity index (χ4v) is 2.60. The Labute approximate surface area is 121 Å². The molecule has 0 aromatic heterocycles. The van der Waals surface area contributed by atoms with Crippen LogP contribution < -0.4 is 5.73 Å². The molecular weight excluding hydrogens is 310 g/mol. The Morgan fingerprint density at radius 2 is 1.61 bits per heavy atom. The molecule has 0 saturated carbocycles. The summed E-state index contributed by atoms with van der Waals surface area (Å²) < 4.78 is 0.876. The number of benzene rings is 2. The summed E-state index contributed by atoms with van der Waals surface area (Å²) in [5.74, 6) is 0. The number of nitrogens with two attached hydrogens (primary N) is 1. The molecule has 0 fully saturated rings. The van der Waals surface area contributed by atoms with E-state index in [1.165, 1.54) is 11.1 Å². The van der Waals surface area contributed by atoms with Crippen LogP contribution in [0.15, 0.2) is 40.9 Å². The number of rotatable bonds is 2. The molecule has 2 aromatic carbocycles. The fourth-order valence-electron chi connectivity index (χ4n) is 2.09. The van der Waals surface area contributed by atoms with Crippen LogP contribution in [0.4, 0.5) is 0 Å². The van der Waals surface area contributed by atoms with Crippen LogP contribution in [0, 0.1) is 13.8 Å². The Balaban J connectivity index is 2.40. The van der Waals surface area contributed by atoms with E-state index in [-0.39, 0.29) is 6.04 Å². The average molecular weight is 325 g/mol. The van der Waals surface area contributed by atoms with Crippen LogP contribution in [-0.4, -0.2) is 0 Å². The molecule has 18 heavy (non-hydrogen) atoms. The second-order valence-electron chi connectivity index (χ2n) is 4.57. The van der Waals surface area contributed by atoms with Crippen molar-refractivity contribution in [2.75, 3.05) is 0 Å². The van der Waals surface area contributed by atoms with E-state index in [4.69, 9.17) is 17.3 Å². The molecule has 1 nitrogen and oxygen atoms in total. The van der Waals surface area contributed by atoms with Crippen molar-refractivity contribution in [3.63, 3.8) is 0 Å². The van der Waals surface area contributed by atoms with Crippen molar-refractivity contribution in [3.8, 4) is 0 Å². The molecule has 2 rings (SSSR count). The molecule has 0 spiro atoms. The summed E-state index contributed by atoms with van der Waals surface area (Å²) in [5, 5.41) is 0.700. The SMILES string of the molecule is Cc1cc(C)cc(C(N)c2ccc(Cl)c(Br)c2)c1. The molecule has 0 bridgehead atoms. The Morgan fingerprint density at radius 1 is 1.00 bits per heavy atom. The highest BCUT2D eigenvalue weighted by molar-refractivity contribution is 9.10. The van der Waals surface area contributed by atoms with Crippen molar-refractivity contribution in [2.45, 2.75) is 19.9 Å². The van der Waals surface area contributed by atoms with Gasteiger partial charge in [-0.1, -0.05) is 47.0 Å². The molecule has 0 aliphatic rings. The van der Waals surface area contributed by atoms with Gasteiger partial charge in [-0.2, -0.15) is 0 Å². The van der Waals surface area contributed by atoms with Gasteiger partial charge in [0.05, 0.1) is 11.1 Å². The molecule has 3 heteroatoms. The first-order valence-electron chi connectivity index (χ1n) is 5.76. The van der Waals surface area contributed by atoms with Crippen LogP contribution in [0.1, 0.15) is 28.3 Å². The van der Waals surface area contributed by atoms with Crippen molar-refractivity contribution in [3.05, 3.63) is 68.1 Å². The first kappa shape index (κ1) is 13.6. The highest BCUT2D eigenvalue weighted by Crippen LogP contribution is 2.28. The summed E-state index contributed by atoms with van der Waals surface area (Å²) in [6, 6.07) is 12.1. The Morgan fingerprint density at radius 3 is 2.17 bits per heavy atom. The first-order chi connectivity index (χ1) is 8.47. The van der Waals surface area contributed by atoms with Gasteiger partial charge in [0.15, 0.2) is 0 Å². The summed E-state index contributed by atoms with van der Waals surface area (Å²) in [7, 11) is 0. The molecule has 0 aliphatic heterocycles. The van der Waals surface area contributed by atoms with E-state index in [0.29, 0.717) is 5.02 Å². The fraction of sp³-hybridized carbons (Fsp3) is 0.200. The Kier molecular flexibility index (Phi) is 4.10. The lowest BCUT2D eigenvalue weighted by Crippen LogP contribution is -2.12. The zero-order valence-corrected chi connectivity index (χ0v) is 12.7. The van der Waals surface area contributed by atoms with Crippen molar-refractivity contribution >= 4 is 27.5 Å². The molecule has 0 radical (unpaired) electrons. The van der Waals surface area contributed by atoms with E-state index >= 15 is 0 Å². The van der Waals surface area contributed by atoms with Crippen LogP contribution in [0.5, 0.6) is 0 Å². The zero-order valence-electron chi connectivity index (χ0n) is 10.4. The maximum Gasteiger partial charge on any atom is 0.0552 e. The van der Waals surface area contributed by atoms with Gasteiger partial charge in [0.25, 0.3) is 0 Å². The van der Waals surface area contributed by atoms with E-state index in [0.717, 1.165) is 15.6 Å². The average Bonchev–Trinajstić information content (AvgIpc) is 2.30. The van der Waals surface area contributed by atoms with E-state index in [1.807, 2.05) is 18.2 Å². The molecule has 0 aliphatic carbocycles. The van der Waals surface area contributed by atoms with E-state index in [9.17, 15) is 0 Å². The maximum absolute atomic E-state index is 6.31. The van der Waals surface area contributed by atoms with Crippen LogP contribution in [-0.2, 0) is 0 Å². The molecule has 94 valence electrons. The second kappa shape index (κ2) is 5.43. The monoisotopic (exact) mass is 323 g/mol. The molecule has 1 unspecified atom stereocenters. The van der Waals surface area contributed by atoms with Crippen molar-refractivity contribution in [1.29, 1.82) is 0 Å². The number of hydrogen-bond donors (Lipinski definition) is 1. The summed E-state index contributed by atoms with van der Waals surface area (Å²) in [4.78, 5) is 0. The van der Waals surface area contributed by atoms with E-state index in [2.05, 4.69) is 48.0 Å².